The fourth-order valence-corrected chi connectivity index (χ4v) is 3.25. The van der Waals surface area contributed by atoms with Gasteiger partial charge in [0.1, 0.15) is 11.5 Å². The lowest BCUT2D eigenvalue weighted by atomic mass is 10.1. The van der Waals surface area contributed by atoms with Crippen molar-refractivity contribution < 1.29 is 20.9 Å². The van der Waals surface area contributed by atoms with Crippen LogP contribution in [0.15, 0.2) is 29.6 Å². The molecule has 6 nitrogen and oxygen atoms in total. The highest BCUT2D eigenvalue weighted by molar-refractivity contribution is 7.90. The second-order valence-corrected chi connectivity index (χ2v) is 6.27. The molecule has 126 valence electrons. The zero-order valence-corrected chi connectivity index (χ0v) is 14.2. The van der Waals surface area contributed by atoms with Crippen molar-refractivity contribution in [1.82, 2.24) is 15.0 Å². The van der Waals surface area contributed by atoms with Crippen molar-refractivity contribution in [3.63, 3.8) is 0 Å². The first-order chi connectivity index (χ1) is 13.4. The number of benzene rings is 1. The van der Waals surface area contributed by atoms with Gasteiger partial charge in [0.05, 0.1) is 37.7 Å². The van der Waals surface area contributed by atoms with Crippen molar-refractivity contribution in [1.29, 1.82) is 0 Å². The maximum absolute atomic E-state index is 13.0. The SMILES string of the molecule is [2H]C([2H])([2H])Oc1ccc2nc([S+]([O-])C([2H])([2H])c3ncc(C)c(OC)c3C)[nH]c2c1. The Morgan fingerprint density at radius 2 is 2.21 bits per heavy atom. The Labute approximate surface area is 150 Å². The van der Waals surface area contributed by atoms with E-state index in [1.807, 2.05) is 0 Å². The maximum atomic E-state index is 13.0. The Morgan fingerprint density at radius 3 is 2.96 bits per heavy atom. The molecule has 0 radical (unpaired) electrons. The van der Waals surface area contributed by atoms with Gasteiger partial charge in [0, 0.05) is 34.6 Å². The second-order valence-electron chi connectivity index (χ2n) is 5.14. The number of hydrogen-bond acceptors (Lipinski definition) is 5. The zero-order chi connectivity index (χ0) is 21.6. The van der Waals surface area contributed by atoms with E-state index >= 15 is 0 Å². The molecule has 7 heteroatoms. The summed E-state index contributed by atoms with van der Waals surface area (Å²) in [6.07, 6.45) is 1.47. The molecule has 0 fully saturated rings. The first kappa shape index (κ1) is 11.3. The number of methoxy groups -OCH3 is 2. The lowest BCUT2D eigenvalue weighted by Crippen LogP contribution is -2.10. The number of imidazole rings is 1. The first-order valence-corrected chi connectivity index (χ1v) is 8.20. The summed E-state index contributed by atoms with van der Waals surface area (Å²) in [7, 11) is -1.13. The lowest BCUT2D eigenvalue weighted by Gasteiger charge is -2.13. The number of nitrogens with one attached hydrogen (secondary N) is 1. The molecule has 0 spiro atoms. The standard InChI is InChI=1S/C17H19N3O3S/c1-10-8-18-15(11(2)16(10)23-4)9-24(21)17-19-13-6-5-12(22-3)7-14(13)20-17/h5-8H,9H2,1-4H3,(H,19,20)/i3D3,9D2. The molecule has 0 aliphatic heterocycles. The topological polar surface area (TPSA) is 83.1 Å². The largest absolute Gasteiger partial charge is 0.609 e. The molecule has 0 saturated heterocycles. The third-order valence-corrected chi connectivity index (χ3v) is 4.48. The van der Waals surface area contributed by atoms with Crippen LogP contribution in [0.5, 0.6) is 11.5 Å². The normalized spacial score (nSPS) is 16.6. The highest BCUT2D eigenvalue weighted by atomic mass is 32.2. The van der Waals surface area contributed by atoms with E-state index < -0.39 is 23.9 Å². The number of ether oxygens (including phenoxy) is 2. The van der Waals surface area contributed by atoms with Gasteiger partial charge in [-0.15, -0.1) is 0 Å². The quantitative estimate of drug-likeness (QED) is 0.715. The predicted molar refractivity (Wildman–Crippen MR) is 93.0 cm³/mol. The molecule has 1 aromatic carbocycles. The molecule has 0 bridgehead atoms. The van der Waals surface area contributed by atoms with Crippen molar-refractivity contribution >= 4 is 22.2 Å². The van der Waals surface area contributed by atoms with E-state index in [4.69, 9.17) is 16.3 Å². The lowest BCUT2D eigenvalue weighted by molar-refractivity contribution is 0.407. The van der Waals surface area contributed by atoms with Gasteiger partial charge in [-0.3, -0.25) is 9.97 Å². The molecular formula is C17H19N3O3S. The molecule has 2 heterocycles. The van der Waals surface area contributed by atoms with Crippen molar-refractivity contribution in [3.05, 3.63) is 41.2 Å². The zero-order valence-electron chi connectivity index (χ0n) is 18.3. The summed E-state index contributed by atoms with van der Waals surface area (Å²) in [6.45, 7) is 3.44. The van der Waals surface area contributed by atoms with Crippen LogP contribution in [0, 0.1) is 13.8 Å². The summed E-state index contributed by atoms with van der Waals surface area (Å²) < 4.78 is 61.5. The van der Waals surface area contributed by atoms with Crippen molar-refractivity contribution in [2.24, 2.45) is 0 Å². The third-order valence-electron chi connectivity index (χ3n) is 3.56. The van der Waals surface area contributed by atoms with E-state index in [2.05, 4.69) is 15.0 Å². The highest BCUT2D eigenvalue weighted by Crippen LogP contribution is 2.27. The molecular weight excluding hydrogens is 326 g/mol. The molecule has 24 heavy (non-hydrogen) atoms. The van der Waals surface area contributed by atoms with Crippen LogP contribution in [-0.4, -0.2) is 33.7 Å². The van der Waals surface area contributed by atoms with Gasteiger partial charge in [0.2, 0.25) is 0 Å². The number of nitrogens with zero attached hydrogens (tertiary/aromatic N) is 2. The van der Waals surface area contributed by atoms with E-state index in [1.54, 1.807) is 13.8 Å². The Bertz CT molecular complexity index is 1050. The van der Waals surface area contributed by atoms with Crippen LogP contribution in [0.3, 0.4) is 0 Å². The Balaban J connectivity index is 1.99. The Morgan fingerprint density at radius 1 is 1.38 bits per heavy atom. The summed E-state index contributed by atoms with van der Waals surface area (Å²) in [5.41, 5.74) is -0.400. The van der Waals surface area contributed by atoms with Crippen LogP contribution in [0.2, 0.25) is 0 Å². The van der Waals surface area contributed by atoms with Gasteiger partial charge in [0.25, 0.3) is 0 Å². The van der Waals surface area contributed by atoms with Crippen LogP contribution in [0.1, 0.15) is 23.7 Å². The molecule has 2 aromatic heterocycles. The predicted octanol–water partition coefficient (Wildman–Crippen LogP) is 2.90. The second kappa shape index (κ2) is 6.70. The van der Waals surface area contributed by atoms with Crippen molar-refractivity contribution in [2.45, 2.75) is 24.7 Å². The van der Waals surface area contributed by atoms with Gasteiger partial charge in [-0.25, -0.2) is 0 Å². The minimum absolute atomic E-state index is 0.00911. The summed E-state index contributed by atoms with van der Waals surface area (Å²) in [5.74, 6) is 0.564. The van der Waals surface area contributed by atoms with Crippen LogP contribution < -0.4 is 9.47 Å². The number of H-pyrrole nitrogens is 1. The Kier molecular flexibility index (Phi) is 3.16. The third kappa shape index (κ3) is 3.05. The van der Waals surface area contributed by atoms with E-state index in [0.717, 1.165) is 5.56 Å². The smallest absolute Gasteiger partial charge is 0.322 e. The van der Waals surface area contributed by atoms with E-state index in [-0.39, 0.29) is 16.6 Å². The fourth-order valence-electron chi connectivity index (χ4n) is 2.39. The van der Waals surface area contributed by atoms with Crippen molar-refractivity contribution in [2.75, 3.05) is 14.1 Å². The van der Waals surface area contributed by atoms with Gasteiger partial charge in [-0.2, -0.15) is 4.98 Å². The van der Waals surface area contributed by atoms with Crippen molar-refractivity contribution in [3.8, 4) is 11.5 Å². The first-order valence-electron chi connectivity index (χ1n) is 9.55. The maximum Gasteiger partial charge on any atom is 0.322 e. The molecule has 1 unspecified atom stereocenters. The van der Waals surface area contributed by atoms with Gasteiger partial charge < -0.3 is 14.0 Å². The minimum Gasteiger partial charge on any atom is -0.609 e. The number of fused-ring (bicyclic) bond motifs is 1. The summed E-state index contributed by atoms with van der Waals surface area (Å²) in [5, 5.41) is -0.100. The number of pyridine rings is 1. The highest BCUT2D eigenvalue weighted by Gasteiger charge is 2.21. The number of aromatic amines is 1. The van der Waals surface area contributed by atoms with E-state index in [0.29, 0.717) is 22.3 Å². The molecule has 0 aliphatic carbocycles. The molecule has 0 amide bonds. The number of aryl methyl sites for hydroxylation is 1. The van der Waals surface area contributed by atoms with Crippen LogP contribution in [0.25, 0.3) is 11.0 Å². The van der Waals surface area contributed by atoms with Gasteiger partial charge in [0.15, 0.2) is 5.70 Å². The number of hydrogen-bond donors (Lipinski definition) is 1. The molecule has 3 aromatic rings. The van der Waals surface area contributed by atoms with E-state index in [1.165, 1.54) is 31.5 Å². The molecule has 0 saturated carbocycles. The van der Waals surface area contributed by atoms with Gasteiger partial charge >= 0.3 is 5.16 Å². The van der Waals surface area contributed by atoms with Gasteiger partial charge in [-0.1, -0.05) is 0 Å². The van der Waals surface area contributed by atoms with Crippen LogP contribution in [0.4, 0.5) is 0 Å². The van der Waals surface area contributed by atoms with Crippen LogP contribution >= 0.6 is 0 Å². The Hall–Kier alpha value is -2.25. The number of aromatic nitrogens is 3. The van der Waals surface area contributed by atoms with Gasteiger partial charge in [-0.05, 0) is 26.0 Å². The summed E-state index contributed by atoms with van der Waals surface area (Å²) >= 11 is -2.23. The molecule has 0 aliphatic rings. The molecule has 3 rings (SSSR count). The number of rotatable bonds is 5. The minimum atomic E-state index is -2.61. The average molecular weight is 350 g/mol. The summed E-state index contributed by atoms with van der Waals surface area (Å²) in [4.78, 5) is 11.1. The average Bonchev–Trinajstić information content (AvgIpc) is 3.02. The molecule has 1 N–H and O–H groups in total. The summed E-state index contributed by atoms with van der Waals surface area (Å²) in [6, 6.07) is 4.33. The van der Waals surface area contributed by atoms with E-state index in [9.17, 15) is 4.55 Å². The van der Waals surface area contributed by atoms with Crippen LogP contribution in [-0.2, 0) is 16.9 Å². The molecule has 1 atom stereocenters. The monoisotopic (exact) mass is 350 g/mol. The fraction of sp³-hybridized carbons (Fsp3) is 0.294.